The van der Waals surface area contributed by atoms with Gasteiger partial charge in [-0.1, -0.05) is 6.08 Å². The van der Waals surface area contributed by atoms with Crippen molar-refractivity contribution in [3.63, 3.8) is 0 Å². The van der Waals surface area contributed by atoms with E-state index in [4.69, 9.17) is 5.73 Å². The molecule has 0 aliphatic heterocycles. The molecule has 0 bridgehead atoms. The van der Waals surface area contributed by atoms with Gasteiger partial charge < -0.3 is 5.73 Å². The van der Waals surface area contributed by atoms with Crippen LogP contribution in [-0.2, 0) is 6.18 Å². The van der Waals surface area contributed by atoms with Gasteiger partial charge in [0.1, 0.15) is 5.82 Å². The predicted octanol–water partition coefficient (Wildman–Crippen LogP) is 3.81. The van der Waals surface area contributed by atoms with Crippen LogP contribution in [0.1, 0.15) is 30.0 Å². The van der Waals surface area contributed by atoms with Gasteiger partial charge in [0.05, 0.1) is 5.56 Å². The first-order valence-corrected chi connectivity index (χ1v) is 5.09. The number of alkyl halides is 3. The zero-order valence-electron chi connectivity index (χ0n) is 9.10. The molecule has 17 heavy (non-hydrogen) atoms. The van der Waals surface area contributed by atoms with Crippen LogP contribution in [0.25, 0.3) is 0 Å². The van der Waals surface area contributed by atoms with Crippen LogP contribution < -0.4 is 5.73 Å². The third-order valence-corrected chi connectivity index (χ3v) is 2.40. The Morgan fingerprint density at radius 3 is 2.53 bits per heavy atom. The highest BCUT2D eigenvalue weighted by molar-refractivity contribution is 5.32. The summed E-state index contributed by atoms with van der Waals surface area (Å²) in [6, 6.07) is 1.50. The first kappa shape index (κ1) is 13.7. The fourth-order valence-electron chi connectivity index (χ4n) is 1.55. The Balaban J connectivity index is 3.11. The highest BCUT2D eigenvalue weighted by Gasteiger charge is 2.34. The summed E-state index contributed by atoms with van der Waals surface area (Å²) < 4.78 is 51.0. The quantitative estimate of drug-likeness (QED) is 0.635. The van der Waals surface area contributed by atoms with Crippen molar-refractivity contribution in [1.29, 1.82) is 0 Å². The molecule has 1 aromatic rings. The number of hydrogen-bond donors (Lipinski definition) is 1. The van der Waals surface area contributed by atoms with Crippen LogP contribution in [0, 0.1) is 5.82 Å². The molecular formula is C12H13F4N. The second kappa shape index (κ2) is 5.31. The molecule has 2 N–H and O–H groups in total. The molecule has 0 saturated carbocycles. The number of hydrogen-bond acceptors (Lipinski definition) is 1. The number of rotatable bonds is 4. The van der Waals surface area contributed by atoms with Crippen molar-refractivity contribution in [2.24, 2.45) is 5.73 Å². The summed E-state index contributed by atoms with van der Waals surface area (Å²) in [5.41, 5.74) is 4.54. The first-order chi connectivity index (χ1) is 7.86. The van der Waals surface area contributed by atoms with E-state index in [0.29, 0.717) is 12.8 Å². The summed E-state index contributed by atoms with van der Waals surface area (Å²) in [7, 11) is 0. The Kier molecular flexibility index (Phi) is 4.28. The molecule has 0 heterocycles. The molecule has 0 saturated heterocycles. The average Bonchev–Trinajstić information content (AvgIpc) is 2.24. The molecule has 5 heteroatoms. The minimum absolute atomic E-state index is 0.209. The molecule has 0 aliphatic carbocycles. The van der Waals surface area contributed by atoms with Crippen LogP contribution in [0.5, 0.6) is 0 Å². The molecular weight excluding hydrogens is 234 g/mol. The van der Waals surface area contributed by atoms with Crippen LogP contribution in [0.4, 0.5) is 17.6 Å². The third kappa shape index (κ3) is 3.56. The van der Waals surface area contributed by atoms with Gasteiger partial charge in [-0.2, -0.15) is 13.2 Å². The second-order valence-corrected chi connectivity index (χ2v) is 3.70. The highest BCUT2D eigenvalue weighted by atomic mass is 19.4. The van der Waals surface area contributed by atoms with E-state index in [-0.39, 0.29) is 5.56 Å². The molecule has 0 amide bonds. The number of allylic oxidation sites excluding steroid dienone is 1. The lowest BCUT2D eigenvalue weighted by Crippen LogP contribution is -2.17. The second-order valence-electron chi connectivity index (χ2n) is 3.70. The van der Waals surface area contributed by atoms with Gasteiger partial charge in [-0.05, 0) is 36.6 Å². The standard InChI is InChI=1S/C12H13F4N/c1-2-3-4-11(17)9-7-8(13)5-6-10(9)12(14,15)16/h2,5-7,11H,1,3-4,17H2/t11-/m1/s1. The van der Waals surface area contributed by atoms with Crippen molar-refractivity contribution in [1.82, 2.24) is 0 Å². The lowest BCUT2D eigenvalue weighted by Gasteiger charge is -2.17. The van der Waals surface area contributed by atoms with Crippen LogP contribution in [0.15, 0.2) is 30.9 Å². The van der Waals surface area contributed by atoms with Gasteiger partial charge in [0.2, 0.25) is 0 Å². The molecule has 0 aromatic heterocycles. The van der Waals surface area contributed by atoms with E-state index in [9.17, 15) is 17.6 Å². The summed E-state index contributed by atoms with van der Waals surface area (Å²) in [6.45, 7) is 3.46. The normalized spacial score (nSPS) is 13.5. The van der Waals surface area contributed by atoms with Crippen LogP contribution in [-0.4, -0.2) is 0 Å². The van der Waals surface area contributed by atoms with E-state index in [1.54, 1.807) is 6.08 Å². The Morgan fingerprint density at radius 2 is 2.00 bits per heavy atom. The van der Waals surface area contributed by atoms with Crippen LogP contribution in [0.3, 0.4) is 0 Å². The molecule has 0 fully saturated rings. The fourth-order valence-corrected chi connectivity index (χ4v) is 1.55. The third-order valence-electron chi connectivity index (χ3n) is 2.40. The van der Waals surface area contributed by atoms with Gasteiger partial charge in [0.25, 0.3) is 0 Å². The summed E-state index contributed by atoms with van der Waals surface area (Å²) >= 11 is 0. The zero-order chi connectivity index (χ0) is 13.1. The lowest BCUT2D eigenvalue weighted by atomic mass is 9.97. The lowest BCUT2D eigenvalue weighted by molar-refractivity contribution is -0.138. The topological polar surface area (TPSA) is 26.0 Å². The molecule has 0 radical (unpaired) electrons. The molecule has 1 nitrogen and oxygen atoms in total. The smallest absolute Gasteiger partial charge is 0.324 e. The highest BCUT2D eigenvalue weighted by Crippen LogP contribution is 2.35. The number of nitrogens with two attached hydrogens (primary N) is 1. The zero-order valence-corrected chi connectivity index (χ0v) is 9.10. The molecule has 1 atom stereocenters. The Labute approximate surface area is 96.9 Å². The Bertz CT molecular complexity index is 398. The minimum atomic E-state index is -4.52. The van der Waals surface area contributed by atoms with E-state index >= 15 is 0 Å². The van der Waals surface area contributed by atoms with Gasteiger partial charge in [-0.3, -0.25) is 0 Å². The average molecular weight is 247 g/mol. The van der Waals surface area contributed by atoms with Gasteiger partial charge in [0, 0.05) is 6.04 Å². The summed E-state index contributed by atoms with van der Waals surface area (Å²) in [4.78, 5) is 0. The SMILES string of the molecule is C=CCC[C@@H](N)c1cc(F)ccc1C(F)(F)F. The minimum Gasteiger partial charge on any atom is -0.324 e. The van der Waals surface area contributed by atoms with E-state index in [1.165, 1.54) is 0 Å². The van der Waals surface area contributed by atoms with Gasteiger partial charge in [-0.15, -0.1) is 6.58 Å². The molecule has 0 unspecified atom stereocenters. The van der Waals surface area contributed by atoms with E-state index in [2.05, 4.69) is 6.58 Å². The van der Waals surface area contributed by atoms with E-state index < -0.39 is 23.6 Å². The summed E-state index contributed by atoms with van der Waals surface area (Å²) in [5, 5.41) is 0. The molecule has 1 aromatic carbocycles. The number of halogens is 4. The van der Waals surface area contributed by atoms with E-state index in [1.807, 2.05) is 0 Å². The van der Waals surface area contributed by atoms with Gasteiger partial charge >= 0.3 is 6.18 Å². The Morgan fingerprint density at radius 1 is 1.35 bits per heavy atom. The predicted molar refractivity (Wildman–Crippen MR) is 57.8 cm³/mol. The maximum Gasteiger partial charge on any atom is 0.416 e. The summed E-state index contributed by atoms with van der Waals surface area (Å²) in [6.07, 6.45) is -2.17. The van der Waals surface area contributed by atoms with Crippen molar-refractivity contribution in [2.45, 2.75) is 25.1 Å². The van der Waals surface area contributed by atoms with Gasteiger partial charge in [0.15, 0.2) is 0 Å². The van der Waals surface area contributed by atoms with Crippen LogP contribution >= 0.6 is 0 Å². The van der Waals surface area contributed by atoms with Crippen molar-refractivity contribution < 1.29 is 17.6 Å². The maximum absolute atomic E-state index is 13.0. The fraction of sp³-hybridized carbons (Fsp3) is 0.333. The van der Waals surface area contributed by atoms with Crippen molar-refractivity contribution in [3.8, 4) is 0 Å². The van der Waals surface area contributed by atoms with Crippen molar-refractivity contribution in [2.75, 3.05) is 0 Å². The van der Waals surface area contributed by atoms with Gasteiger partial charge in [-0.25, -0.2) is 4.39 Å². The molecule has 0 aliphatic rings. The molecule has 94 valence electrons. The molecule has 1 rings (SSSR count). The molecule has 0 spiro atoms. The largest absolute Gasteiger partial charge is 0.416 e. The summed E-state index contributed by atoms with van der Waals surface area (Å²) in [5.74, 6) is -0.720. The van der Waals surface area contributed by atoms with E-state index in [0.717, 1.165) is 18.2 Å². The first-order valence-electron chi connectivity index (χ1n) is 5.09. The van der Waals surface area contributed by atoms with Crippen molar-refractivity contribution >= 4 is 0 Å². The van der Waals surface area contributed by atoms with Crippen LogP contribution in [0.2, 0.25) is 0 Å². The monoisotopic (exact) mass is 247 g/mol. The van der Waals surface area contributed by atoms with Crippen molar-refractivity contribution in [3.05, 3.63) is 47.8 Å². The maximum atomic E-state index is 13.0. The Hall–Kier alpha value is -1.36. The number of benzene rings is 1.